The number of thiophene rings is 1. The normalized spacial score (nSPS) is 12.3. The summed E-state index contributed by atoms with van der Waals surface area (Å²) < 4.78 is 0. The second-order valence-corrected chi connectivity index (χ2v) is 5.31. The van der Waals surface area contributed by atoms with Crippen molar-refractivity contribution in [3.8, 4) is 0 Å². The first-order valence-corrected chi connectivity index (χ1v) is 7.08. The van der Waals surface area contributed by atoms with E-state index in [9.17, 15) is 10.1 Å². The SMILES string of the molecule is CCC(NCc1cccs1)c1cccc([N+](=O)[O-])c1. The molecule has 0 aliphatic carbocycles. The number of nitro groups is 1. The molecule has 0 saturated heterocycles. The van der Waals surface area contributed by atoms with Crippen LogP contribution in [0.5, 0.6) is 0 Å². The molecule has 1 aromatic carbocycles. The standard InChI is InChI=1S/C14H16N2O2S/c1-2-14(15-10-13-7-4-8-19-13)11-5-3-6-12(9-11)16(17)18/h3-9,14-15H,2,10H2,1H3. The monoisotopic (exact) mass is 276 g/mol. The van der Waals surface area contributed by atoms with Crippen LogP contribution >= 0.6 is 11.3 Å². The van der Waals surface area contributed by atoms with Gasteiger partial charge in [-0.25, -0.2) is 0 Å². The Hall–Kier alpha value is -1.72. The summed E-state index contributed by atoms with van der Waals surface area (Å²) in [5.74, 6) is 0. The molecule has 1 heterocycles. The second kappa shape index (κ2) is 6.45. The average molecular weight is 276 g/mol. The van der Waals surface area contributed by atoms with Gasteiger partial charge in [-0.2, -0.15) is 0 Å². The molecular weight excluding hydrogens is 260 g/mol. The number of benzene rings is 1. The van der Waals surface area contributed by atoms with Crippen LogP contribution in [0.2, 0.25) is 0 Å². The highest BCUT2D eigenvalue weighted by molar-refractivity contribution is 7.09. The van der Waals surface area contributed by atoms with E-state index in [2.05, 4.69) is 18.3 Å². The average Bonchev–Trinajstić information content (AvgIpc) is 2.93. The third-order valence-corrected chi connectivity index (χ3v) is 3.87. The summed E-state index contributed by atoms with van der Waals surface area (Å²) in [5, 5.41) is 16.3. The van der Waals surface area contributed by atoms with E-state index in [1.807, 2.05) is 17.5 Å². The number of rotatable bonds is 6. The highest BCUT2D eigenvalue weighted by Gasteiger charge is 2.13. The van der Waals surface area contributed by atoms with Crippen molar-refractivity contribution >= 4 is 17.0 Å². The van der Waals surface area contributed by atoms with Crippen molar-refractivity contribution in [2.24, 2.45) is 0 Å². The maximum atomic E-state index is 10.8. The van der Waals surface area contributed by atoms with E-state index in [-0.39, 0.29) is 16.7 Å². The van der Waals surface area contributed by atoms with Gasteiger partial charge < -0.3 is 5.32 Å². The Kier molecular flexibility index (Phi) is 4.65. The largest absolute Gasteiger partial charge is 0.305 e. The van der Waals surface area contributed by atoms with Gasteiger partial charge in [-0.3, -0.25) is 10.1 Å². The van der Waals surface area contributed by atoms with Gasteiger partial charge in [-0.1, -0.05) is 25.1 Å². The molecule has 0 amide bonds. The van der Waals surface area contributed by atoms with Crippen LogP contribution in [0.25, 0.3) is 0 Å². The van der Waals surface area contributed by atoms with E-state index >= 15 is 0 Å². The minimum atomic E-state index is -0.352. The number of non-ortho nitro benzene ring substituents is 1. The molecule has 0 fully saturated rings. The summed E-state index contributed by atoms with van der Waals surface area (Å²) in [6.45, 7) is 2.86. The van der Waals surface area contributed by atoms with Crippen molar-refractivity contribution in [1.82, 2.24) is 5.32 Å². The van der Waals surface area contributed by atoms with Gasteiger partial charge in [0.05, 0.1) is 4.92 Å². The third-order valence-electron chi connectivity index (χ3n) is 2.99. The van der Waals surface area contributed by atoms with Gasteiger partial charge in [-0.15, -0.1) is 11.3 Å². The van der Waals surface area contributed by atoms with Gasteiger partial charge in [0.15, 0.2) is 0 Å². The second-order valence-electron chi connectivity index (χ2n) is 4.27. The fourth-order valence-electron chi connectivity index (χ4n) is 1.99. The van der Waals surface area contributed by atoms with Crippen LogP contribution in [0.15, 0.2) is 41.8 Å². The van der Waals surface area contributed by atoms with E-state index in [0.717, 1.165) is 18.5 Å². The molecule has 0 aliphatic heterocycles. The van der Waals surface area contributed by atoms with Crippen molar-refractivity contribution in [2.45, 2.75) is 25.9 Å². The molecule has 19 heavy (non-hydrogen) atoms. The zero-order valence-corrected chi connectivity index (χ0v) is 11.5. The Morgan fingerprint density at radius 1 is 1.37 bits per heavy atom. The molecule has 2 aromatic rings. The maximum Gasteiger partial charge on any atom is 0.269 e. The van der Waals surface area contributed by atoms with Gasteiger partial charge in [0.2, 0.25) is 0 Å². The minimum Gasteiger partial charge on any atom is -0.305 e. The van der Waals surface area contributed by atoms with E-state index in [1.165, 1.54) is 10.9 Å². The molecule has 0 aliphatic rings. The van der Waals surface area contributed by atoms with Crippen molar-refractivity contribution in [3.05, 3.63) is 62.3 Å². The lowest BCUT2D eigenvalue weighted by atomic mass is 10.0. The lowest BCUT2D eigenvalue weighted by Gasteiger charge is -2.16. The van der Waals surface area contributed by atoms with Gasteiger partial charge >= 0.3 is 0 Å². The van der Waals surface area contributed by atoms with Crippen LogP contribution in [0.1, 0.15) is 29.8 Å². The van der Waals surface area contributed by atoms with Crippen molar-refractivity contribution in [3.63, 3.8) is 0 Å². The maximum absolute atomic E-state index is 10.8. The molecule has 1 atom stereocenters. The number of nitrogens with one attached hydrogen (secondary N) is 1. The van der Waals surface area contributed by atoms with Crippen LogP contribution in [0.4, 0.5) is 5.69 Å². The van der Waals surface area contributed by atoms with E-state index < -0.39 is 0 Å². The first-order chi connectivity index (χ1) is 9.20. The highest BCUT2D eigenvalue weighted by atomic mass is 32.1. The zero-order chi connectivity index (χ0) is 13.7. The van der Waals surface area contributed by atoms with E-state index in [1.54, 1.807) is 23.5 Å². The molecule has 1 N–H and O–H groups in total. The van der Waals surface area contributed by atoms with Crippen LogP contribution in [-0.4, -0.2) is 4.92 Å². The molecule has 100 valence electrons. The van der Waals surface area contributed by atoms with Crippen LogP contribution in [-0.2, 0) is 6.54 Å². The lowest BCUT2D eigenvalue weighted by Crippen LogP contribution is -2.19. The Morgan fingerprint density at radius 2 is 2.21 bits per heavy atom. The van der Waals surface area contributed by atoms with E-state index in [0.29, 0.717) is 0 Å². The number of nitro benzene ring substituents is 1. The smallest absolute Gasteiger partial charge is 0.269 e. The molecule has 0 radical (unpaired) electrons. The van der Waals surface area contributed by atoms with Crippen LogP contribution in [0.3, 0.4) is 0 Å². The fraction of sp³-hybridized carbons (Fsp3) is 0.286. The number of hydrogen-bond donors (Lipinski definition) is 1. The fourth-order valence-corrected chi connectivity index (χ4v) is 2.65. The predicted molar refractivity (Wildman–Crippen MR) is 77.3 cm³/mol. The molecule has 0 bridgehead atoms. The van der Waals surface area contributed by atoms with Gasteiger partial charge in [-0.05, 0) is 23.4 Å². The van der Waals surface area contributed by atoms with Crippen LogP contribution < -0.4 is 5.32 Å². The zero-order valence-electron chi connectivity index (χ0n) is 10.7. The molecule has 1 unspecified atom stereocenters. The summed E-state index contributed by atoms with van der Waals surface area (Å²) in [7, 11) is 0. The summed E-state index contributed by atoms with van der Waals surface area (Å²) in [5.41, 5.74) is 1.11. The van der Waals surface area contributed by atoms with E-state index in [4.69, 9.17) is 0 Å². The minimum absolute atomic E-state index is 0.141. The molecule has 0 spiro atoms. The van der Waals surface area contributed by atoms with Gasteiger partial charge in [0.25, 0.3) is 5.69 Å². The molecule has 0 saturated carbocycles. The summed E-state index contributed by atoms with van der Waals surface area (Å²) >= 11 is 1.71. The Labute approximate surface area is 116 Å². The lowest BCUT2D eigenvalue weighted by molar-refractivity contribution is -0.384. The first-order valence-electron chi connectivity index (χ1n) is 6.21. The number of nitrogens with zero attached hydrogens (tertiary/aromatic N) is 1. The third kappa shape index (κ3) is 3.62. The quantitative estimate of drug-likeness (QED) is 0.643. The van der Waals surface area contributed by atoms with Gasteiger partial charge in [0.1, 0.15) is 0 Å². The Bertz CT molecular complexity index is 540. The molecule has 1 aromatic heterocycles. The van der Waals surface area contributed by atoms with Crippen molar-refractivity contribution in [1.29, 1.82) is 0 Å². The topological polar surface area (TPSA) is 55.2 Å². The Balaban J connectivity index is 2.08. The number of hydrogen-bond acceptors (Lipinski definition) is 4. The van der Waals surface area contributed by atoms with Gasteiger partial charge in [0, 0.05) is 29.6 Å². The van der Waals surface area contributed by atoms with Crippen molar-refractivity contribution < 1.29 is 4.92 Å². The van der Waals surface area contributed by atoms with Crippen LogP contribution in [0, 0.1) is 10.1 Å². The predicted octanol–water partition coefficient (Wildman–Crippen LogP) is 3.90. The Morgan fingerprint density at radius 3 is 2.84 bits per heavy atom. The summed E-state index contributed by atoms with van der Waals surface area (Å²) in [6, 6.07) is 11.1. The molecular formula is C14H16N2O2S. The first kappa shape index (κ1) is 13.7. The van der Waals surface area contributed by atoms with Crippen molar-refractivity contribution in [2.75, 3.05) is 0 Å². The molecule has 5 heteroatoms. The highest BCUT2D eigenvalue weighted by Crippen LogP contribution is 2.22. The molecule has 4 nitrogen and oxygen atoms in total. The molecule has 2 rings (SSSR count). The summed E-state index contributed by atoms with van der Waals surface area (Å²) in [6.07, 6.45) is 0.895. The summed E-state index contributed by atoms with van der Waals surface area (Å²) in [4.78, 5) is 11.7.